The fraction of sp³-hybridized carbons (Fsp3) is 0.158. The van der Waals surface area contributed by atoms with Crippen molar-refractivity contribution in [2.24, 2.45) is 0 Å². The quantitative estimate of drug-likeness (QED) is 0.691. The third kappa shape index (κ3) is 3.31. The van der Waals surface area contributed by atoms with Gasteiger partial charge in [0.25, 0.3) is 0 Å². The van der Waals surface area contributed by atoms with E-state index in [9.17, 15) is 22.8 Å². The lowest BCUT2D eigenvalue weighted by molar-refractivity contribution is -0.137. The Hall–Kier alpha value is -3.14. The van der Waals surface area contributed by atoms with Crippen LogP contribution in [0.5, 0.6) is 0 Å². The third-order valence-electron chi connectivity index (χ3n) is 4.24. The zero-order chi connectivity index (χ0) is 18.8. The maximum Gasteiger partial charge on any atom is 0.416 e. The monoisotopic (exact) mass is 359 g/mol. The first-order chi connectivity index (χ1) is 12.3. The van der Waals surface area contributed by atoms with Gasteiger partial charge in [0, 0.05) is 18.3 Å². The smallest absolute Gasteiger partial charge is 0.348 e. The van der Waals surface area contributed by atoms with Gasteiger partial charge in [-0.1, -0.05) is 24.3 Å². The number of rotatable bonds is 4. The number of H-pyrrole nitrogens is 1. The van der Waals surface area contributed by atoms with Crippen LogP contribution in [0.25, 0.3) is 0 Å². The van der Waals surface area contributed by atoms with Crippen molar-refractivity contribution in [3.63, 3.8) is 0 Å². The van der Waals surface area contributed by atoms with Crippen molar-refractivity contribution in [2.75, 3.05) is 0 Å². The van der Waals surface area contributed by atoms with Crippen molar-refractivity contribution in [3.05, 3.63) is 89.3 Å². The molecule has 0 spiro atoms. The summed E-state index contributed by atoms with van der Waals surface area (Å²) in [5.41, 5.74) is -0.584. The Bertz CT molecular complexity index is 907. The summed E-state index contributed by atoms with van der Waals surface area (Å²) in [6.07, 6.45) is -1.32. The second-order valence-corrected chi connectivity index (χ2v) is 5.85. The van der Waals surface area contributed by atoms with E-state index in [0.717, 1.165) is 12.1 Å². The van der Waals surface area contributed by atoms with E-state index in [-0.39, 0.29) is 6.42 Å². The molecular formula is C19H13F4N3. The molecule has 26 heavy (non-hydrogen) atoms. The molecule has 3 rings (SSSR count). The Labute approximate surface area is 146 Å². The van der Waals surface area contributed by atoms with Gasteiger partial charge in [-0.2, -0.15) is 18.4 Å². The zero-order valence-electron chi connectivity index (χ0n) is 13.4. The molecule has 0 aliphatic carbocycles. The Morgan fingerprint density at radius 2 is 1.46 bits per heavy atom. The summed E-state index contributed by atoms with van der Waals surface area (Å²) in [7, 11) is 0. The van der Waals surface area contributed by atoms with Gasteiger partial charge in [0.15, 0.2) is 0 Å². The standard InChI is InChI=1S/C19H13F4N3/c20-16-7-5-14(6-8-16)18(11-24,9-17-10-25-12-26-17)13-1-3-15(4-2-13)19(21,22)23/h1-8,10,12H,9H2,(H,25,26). The van der Waals surface area contributed by atoms with E-state index in [1.54, 1.807) is 6.20 Å². The second kappa shape index (κ2) is 6.64. The van der Waals surface area contributed by atoms with Crippen LogP contribution in [-0.4, -0.2) is 9.97 Å². The van der Waals surface area contributed by atoms with E-state index >= 15 is 0 Å². The minimum atomic E-state index is -4.47. The predicted molar refractivity (Wildman–Crippen MR) is 86.5 cm³/mol. The highest BCUT2D eigenvalue weighted by Gasteiger charge is 2.37. The fourth-order valence-corrected chi connectivity index (χ4v) is 2.88. The molecule has 7 heteroatoms. The van der Waals surface area contributed by atoms with Crippen molar-refractivity contribution in [1.29, 1.82) is 5.26 Å². The summed E-state index contributed by atoms with van der Waals surface area (Å²) in [6.45, 7) is 0. The third-order valence-corrected chi connectivity index (χ3v) is 4.24. The molecule has 1 aromatic heterocycles. The first-order valence-electron chi connectivity index (χ1n) is 7.67. The van der Waals surface area contributed by atoms with Crippen LogP contribution in [0, 0.1) is 17.1 Å². The first-order valence-corrected chi connectivity index (χ1v) is 7.67. The van der Waals surface area contributed by atoms with Crippen LogP contribution in [0.1, 0.15) is 22.4 Å². The van der Waals surface area contributed by atoms with Gasteiger partial charge in [0.1, 0.15) is 11.2 Å². The van der Waals surface area contributed by atoms with Crippen LogP contribution in [-0.2, 0) is 18.0 Å². The summed E-state index contributed by atoms with van der Waals surface area (Å²) in [5.74, 6) is -0.463. The summed E-state index contributed by atoms with van der Waals surface area (Å²) < 4.78 is 51.9. The van der Waals surface area contributed by atoms with Crippen LogP contribution in [0.15, 0.2) is 61.1 Å². The molecule has 0 radical (unpaired) electrons. The van der Waals surface area contributed by atoms with E-state index in [1.165, 1.54) is 42.7 Å². The van der Waals surface area contributed by atoms with Crippen molar-refractivity contribution in [1.82, 2.24) is 9.97 Å². The summed E-state index contributed by atoms with van der Waals surface area (Å²) in [5, 5.41) is 9.98. The van der Waals surface area contributed by atoms with Gasteiger partial charge >= 0.3 is 6.18 Å². The molecule has 1 atom stereocenters. The molecule has 1 heterocycles. The number of benzene rings is 2. The van der Waals surface area contributed by atoms with Gasteiger partial charge in [0.05, 0.1) is 18.0 Å². The predicted octanol–water partition coefficient (Wildman–Crippen LogP) is 4.62. The number of nitrogens with one attached hydrogen (secondary N) is 1. The fourth-order valence-electron chi connectivity index (χ4n) is 2.88. The van der Waals surface area contributed by atoms with E-state index in [4.69, 9.17) is 0 Å². The second-order valence-electron chi connectivity index (χ2n) is 5.85. The van der Waals surface area contributed by atoms with Gasteiger partial charge < -0.3 is 4.98 Å². The van der Waals surface area contributed by atoms with E-state index in [2.05, 4.69) is 16.0 Å². The first kappa shape index (κ1) is 17.7. The van der Waals surface area contributed by atoms with Crippen molar-refractivity contribution < 1.29 is 17.6 Å². The SMILES string of the molecule is N#CC(Cc1cnc[nH]1)(c1ccc(F)cc1)c1ccc(C(F)(F)F)cc1. The average molecular weight is 359 g/mol. The summed E-state index contributed by atoms with van der Waals surface area (Å²) >= 11 is 0. The van der Waals surface area contributed by atoms with Gasteiger partial charge in [-0.25, -0.2) is 9.37 Å². The number of imidazole rings is 1. The summed E-state index contributed by atoms with van der Waals surface area (Å²) in [6, 6.07) is 12.0. The molecule has 0 saturated carbocycles. The number of nitrogens with zero attached hydrogens (tertiary/aromatic N) is 2. The highest BCUT2D eigenvalue weighted by atomic mass is 19.4. The molecule has 0 aliphatic rings. The minimum absolute atomic E-state index is 0.153. The number of hydrogen-bond acceptors (Lipinski definition) is 2. The molecule has 1 unspecified atom stereocenters. The molecule has 1 N–H and O–H groups in total. The van der Waals surface area contributed by atoms with Gasteiger partial charge in [-0.15, -0.1) is 0 Å². The Balaban J connectivity index is 2.13. The lowest BCUT2D eigenvalue weighted by Crippen LogP contribution is -2.29. The van der Waals surface area contributed by atoms with Crippen LogP contribution in [0.3, 0.4) is 0 Å². The molecule has 0 fully saturated rings. The van der Waals surface area contributed by atoms with Crippen molar-refractivity contribution in [2.45, 2.75) is 18.0 Å². The van der Waals surface area contributed by atoms with Crippen LogP contribution >= 0.6 is 0 Å². The Morgan fingerprint density at radius 3 is 1.92 bits per heavy atom. The van der Waals surface area contributed by atoms with Crippen molar-refractivity contribution >= 4 is 0 Å². The van der Waals surface area contributed by atoms with E-state index in [1.807, 2.05) is 0 Å². The molecule has 3 aromatic rings. The molecule has 132 valence electrons. The highest BCUT2D eigenvalue weighted by molar-refractivity contribution is 5.48. The minimum Gasteiger partial charge on any atom is -0.348 e. The Kier molecular flexibility index (Phi) is 4.51. The number of aromatic amines is 1. The lowest BCUT2D eigenvalue weighted by Gasteiger charge is -2.28. The van der Waals surface area contributed by atoms with Gasteiger partial charge in [0.2, 0.25) is 0 Å². The van der Waals surface area contributed by atoms with Crippen LogP contribution in [0.2, 0.25) is 0 Å². The largest absolute Gasteiger partial charge is 0.416 e. The van der Waals surface area contributed by atoms with Crippen LogP contribution in [0.4, 0.5) is 17.6 Å². The summed E-state index contributed by atoms with van der Waals surface area (Å²) in [4.78, 5) is 6.81. The molecule has 2 aromatic carbocycles. The number of hydrogen-bond donors (Lipinski definition) is 1. The van der Waals surface area contributed by atoms with Crippen LogP contribution < -0.4 is 0 Å². The number of alkyl halides is 3. The molecule has 0 aliphatic heterocycles. The maximum absolute atomic E-state index is 13.3. The highest BCUT2D eigenvalue weighted by Crippen LogP contribution is 2.37. The Morgan fingerprint density at radius 1 is 0.923 bits per heavy atom. The van der Waals surface area contributed by atoms with E-state index < -0.39 is 23.0 Å². The number of nitriles is 1. The molecule has 0 bridgehead atoms. The zero-order valence-corrected chi connectivity index (χ0v) is 13.4. The molecular weight excluding hydrogens is 346 g/mol. The van der Waals surface area contributed by atoms with Gasteiger partial charge in [-0.3, -0.25) is 0 Å². The number of aromatic nitrogens is 2. The average Bonchev–Trinajstić information content (AvgIpc) is 3.13. The number of halogens is 4. The topological polar surface area (TPSA) is 52.5 Å². The lowest BCUT2D eigenvalue weighted by atomic mass is 9.72. The molecule has 0 amide bonds. The van der Waals surface area contributed by atoms with Gasteiger partial charge in [-0.05, 0) is 35.4 Å². The maximum atomic E-state index is 13.3. The van der Waals surface area contributed by atoms with E-state index in [0.29, 0.717) is 16.8 Å². The molecule has 0 saturated heterocycles. The molecule has 3 nitrogen and oxygen atoms in total. The normalized spacial score (nSPS) is 13.8. The van der Waals surface area contributed by atoms with Crippen molar-refractivity contribution in [3.8, 4) is 6.07 Å².